The van der Waals surface area contributed by atoms with Crippen molar-refractivity contribution in [2.75, 3.05) is 6.54 Å². The molecule has 0 bridgehead atoms. The van der Waals surface area contributed by atoms with Gasteiger partial charge in [0.25, 0.3) is 0 Å². The zero-order valence-electron chi connectivity index (χ0n) is 21.3. The molecule has 0 fully saturated rings. The molecule has 0 heterocycles. The van der Waals surface area contributed by atoms with Crippen molar-refractivity contribution in [1.82, 2.24) is 10.6 Å². The van der Waals surface area contributed by atoms with Crippen LogP contribution in [0.1, 0.15) is 35.4 Å². The Kier molecular flexibility index (Phi) is 11.2. The summed E-state index contributed by atoms with van der Waals surface area (Å²) in [4.78, 5) is 37.6. The molecule has 2 unspecified atom stereocenters. The van der Waals surface area contributed by atoms with E-state index in [4.69, 9.17) is 5.73 Å². The first kappa shape index (κ1) is 29.5. The summed E-state index contributed by atoms with van der Waals surface area (Å²) >= 11 is 0.933. The second-order valence-corrected chi connectivity index (χ2v) is 10.2. The molecule has 2 amide bonds. The van der Waals surface area contributed by atoms with Crippen molar-refractivity contribution in [3.05, 3.63) is 112 Å². The molecule has 0 aliphatic rings. The van der Waals surface area contributed by atoms with Gasteiger partial charge in [-0.1, -0.05) is 6.07 Å². The van der Waals surface area contributed by atoms with Gasteiger partial charge in [-0.3, -0.25) is 0 Å². The molecular formula is C28H32AsN5O5. The molecule has 5 N–H and O–H groups in total. The summed E-state index contributed by atoms with van der Waals surface area (Å²) < 4.78 is 0.184. The second kappa shape index (κ2) is 14.8. The number of phenols is 1. The van der Waals surface area contributed by atoms with E-state index in [9.17, 15) is 24.8 Å². The molecule has 3 aromatic carbocycles. The fraction of sp³-hybridized carbons (Fsp3) is 0.250. The topological polar surface area (TPSA) is 160 Å². The Bertz CT molecular complexity index is 1250. The van der Waals surface area contributed by atoms with Gasteiger partial charge in [-0.2, -0.15) is 0 Å². The predicted octanol–water partition coefficient (Wildman–Crippen LogP) is 1.70. The van der Waals surface area contributed by atoms with Gasteiger partial charge in [0.15, 0.2) is 0 Å². The van der Waals surface area contributed by atoms with Gasteiger partial charge >= 0.3 is 230 Å². The fourth-order valence-electron chi connectivity index (χ4n) is 4.14. The van der Waals surface area contributed by atoms with Crippen molar-refractivity contribution in [2.24, 2.45) is 10.8 Å². The van der Waals surface area contributed by atoms with Crippen LogP contribution in [0.2, 0.25) is 0 Å². The molecule has 3 rings (SSSR count). The number of carbonyl (C=O) groups is 2. The third-order valence-electron chi connectivity index (χ3n) is 6.19. The Morgan fingerprint density at radius 1 is 0.923 bits per heavy atom. The van der Waals surface area contributed by atoms with Gasteiger partial charge in [-0.05, 0) is 0 Å². The monoisotopic (exact) mass is 593 g/mol. The number of rotatable bonds is 13. The van der Waals surface area contributed by atoms with E-state index in [0.29, 0.717) is 12.0 Å². The quantitative estimate of drug-likeness (QED) is 0.102. The van der Waals surface area contributed by atoms with E-state index in [1.165, 1.54) is 0 Å². The van der Waals surface area contributed by atoms with Crippen LogP contribution >= 0.6 is 0 Å². The van der Waals surface area contributed by atoms with E-state index in [0.717, 1.165) is 28.0 Å². The van der Waals surface area contributed by atoms with Crippen molar-refractivity contribution < 1.29 is 19.7 Å². The molecule has 204 valence electrons. The Labute approximate surface area is 235 Å². The Morgan fingerprint density at radius 2 is 1.49 bits per heavy atom. The van der Waals surface area contributed by atoms with Gasteiger partial charge in [0.05, 0.1) is 0 Å². The predicted molar refractivity (Wildman–Crippen MR) is 152 cm³/mol. The third-order valence-corrected chi connectivity index (χ3v) is 7.33. The zero-order valence-corrected chi connectivity index (χ0v) is 23.7. The SMILES string of the molecule is NC(CC[C@H](NC(=O)C(c1ccccc1)c1ccccc1)C(=O)NCCc1ccccc1O)C([AsH2])=N[N+](=O)[O-]. The molecule has 0 aliphatic heterocycles. The van der Waals surface area contributed by atoms with Gasteiger partial charge in [0.1, 0.15) is 0 Å². The molecule has 0 saturated heterocycles. The number of amides is 2. The van der Waals surface area contributed by atoms with Crippen LogP contribution in [0.5, 0.6) is 5.75 Å². The first-order valence-electron chi connectivity index (χ1n) is 12.4. The van der Waals surface area contributed by atoms with Crippen molar-refractivity contribution >= 4 is 33.2 Å². The minimum absolute atomic E-state index is 0.138. The second-order valence-electron chi connectivity index (χ2n) is 8.93. The molecule has 0 saturated carbocycles. The van der Waals surface area contributed by atoms with Crippen LogP contribution in [0.3, 0.4) is 0 Å². The number of hydrazone groups is 1. The van der Waals surface area contributed by atoms with Gasteiger partial charge in [-0.25, -0.2) is 0 Å². The Morgan fingerprint density at radius 3 is 2.05 bits per heavy atom. The summed E-state index contributed by atoms with van der Waals surface area (Å²) in [6.45, 7) is 0.237. The number of phenolic OH excluding ortho intramolecular Hbond substituents is 1. The van der Waals surface area contributed by atoms with E-state index in [1.54, 1.807) is 24.3 Å². The first-order valence-corrected chi connectivity index (χ1v) is 13.7. The number of benzene rings is 3. The molecule has 11 heteroatoms. The van der Waals surface area contributed by atoms with Crippen molar-refractivity contribution in [3.8, 4) is 5.75 Å². The molecule has 0 aliphatic carbocycles. The molecule has 0 spiro atoms. The summed E-state index contributed by atoms with van der Waals surface area (Å²) in [5.74, 6) is -1.29. The molecule has 0 radical (unpaired) electrons. The summed E-state index contributed by atoms with van der Waals surface area (Å²) in [6.07, 6.45) is 0.739. The molecule has 10 nitrogen and oxygen atoms in total. The standard InChI is InChI=1S/C28H32AsN5O5/c29-26(33-34(38)39)22(30)15-16-23(27(36)31-18-17-19-9-7-8-14-24(19)35)32-28(37)25(20-10-3-1-4-11-20)21-12-5-2-6-13-21/h1-14,22-23,25,35H,15-18,29-30H2,(H,31,36)(H,32,37)/t22?,23-/m0/s1. The number of hydrogen-bond donors (Lipinski definition) is 4. The number of para-hydroxylation sites is 1. The van der Waals surface area contributed by atoms with E-state index < -0.39 is 28.9 Å². The van der Waals surface area contributed by atoms with Gasteiger partial charge in [0, 0.05) is 0 Å². The minimum atomic E-state index is -0.946. The summed E-state index contributed by atoms with van der Waals surface area (Å²) in [6, 6.07) is 23.7. The van der Waals surface area contributed by atoms with Gasteiger partial charge < -0.3 is 0 Å². The number of nitro groups is 1. The van der Waals surface area contributed by atoms with Gasteiger partial charge in [0.2, 0.25) is 0 Å². The van der Waals surface area contributed by atoms with Crippen LogP contribution in [-0.2, 0) is 16.0 Å². The van der Waals surface area contributed by atoms with Crippen LogP contribution in [0.4, 0.5) is 0 Å². The van der Waals surface area contributed by atoms with E-state index in [1.807, 2.05) is 60.7 Å². The first-order chi connectivity index (χ1) is 18.8. The van der Waals surface area contributed by atoms with Crippen molar-refractivity contribution in [1.29, 1.82) is 0 Å². The Balaban J connectivity index is 1.78. The molecule has 3 aromatic rings. The normalized spacial score (nSPS) is 12.9. The zero-order chi connectivity index (χ0) is 28.2. The van der Waals surface area contributed by atoms with Crippen molar-refractivity contribution in [2.45, 2.75) is 37.3 Å². The van der Waals surface area contributed by atoms with Gasteiger partial charge in [-0.15, -0.1) is 0 Å². The van der Waals surface area contributed by atoms with E-state index >= 15 is 0 Å². The average molecular weight is 594 g/mol. The Hall–Kier alpha value is -4.01. The van der Waals surface area contributed by atoms with Crippen molar-refractivity contribution in [3.63, 3.8) is 0 Å². The molecule has 3 atom stereocenters. The third kappa shape index (κ3) is 9.05. The van der Waals surface area contributed by atoms with Crippen LogP contribution in [0.25, 0.3) is 0 Å². The average Bonchev–Trinajstić information content (AvgIpc) is 2.92. The van der Waals surface area contributed by atoms with Crippen LogP contribution < -0.4 is 16.4 Å². The van der Waals surface area contributed by atoms with Crippen LogP contribution in [-0.4, -0.2) is 61.9 Å². The van der Waals surface area contributed by atoms with Crippen LogP contribution in [0.15, 0.2) is 90.0 Å². The van der Waals surface area contributed by atoms with E-state index in [-0.39, 0.29) is 35.5 Å². The summed E-state index contributed by atoms with van der Waals surface area (Å²) in [5.41, 5.74) is 8.31. The summed E-state index contributed by atoms with van der Waals surface area (Å²) in [5, 5.41) is 28.9. The van der Waals surface area contributed by atoms with E-state index in [2.05, 4.69) is 15.7 Å². The molecule has 0 aromatic heterocycles. The maximum atomic E-state index is 13.7. The number of hydrogen-bond acceptors (Lipinski definition) is 6. The molecular weight excluding hydrogens is 561 g/mol. The number of nitrogens with zero attached hydrogens (tertiary/aromatic N) is 2. The fourth-order valence-corrected chi connectivity index (χ4v) is 4.69. The number of aromatic hydroxyl groups is 1. The number of carbonyl (C=O) groups excluding carboxylic acids is 2. The maximum absolute atomic E-state index is 13.7. The molecule has 39 heavy (non-hydrogen) atoms. The number of nitrogens with one attached hydrogen (secondary N) is 2. The van der Waals surface area contributed by atoms with Crippen LogP contribution in [0, 0.1) is 10.1 Å². The number of nitrogens with two attached hydrogens (primary N) is 1. The summed E-state index contributed by atoms with van der Waals surface area (Å²) in [7, 11) is 0.